The first-order valence-corrected chi connectivity index (χ1v) is 6.88. The number of nitrogens with two attached hydrogens (primary N) is 1. The largest absolute Gasteiger partial charge is 0.399 e. The van der Waals surface area contributed by atoms with Gasteiger partial charge in [0.2, 0.25) is 0 Å². The molecule has 0 bridgehead atoms. The summed E-state index contributed by atoms with van der Waals surface area (Å²) in [5.74, 6) is 0. The zero-order chi connectivity index (χ0) is 14.8. The lowest BCUT2D eigenvalue weighted by molar-refractivity contribution is 1.26. The van der Waals surface area contributed by atoms with Crippen molar-refractivity contribution in [1.29, 1.82) is 0 Å². The van der Waals surface area contributed by atoms with Gasteiger partial charge >= 0.3 is 0 Å². The standard InChI is InChI=1S/C18H17N3/c1-12-3-5-17(20-10-12)14-7-15(9-16(19)8-14)18-6-4-13(2)11-21-18/h3-11H,19H2,1-2H3. The van der Waals surface area contributed by atoms with Crippen LogP contribution in [-0.2, 0) is 0 Å². The molecule has 0 saturated heterocycles. The van der Waals surface area contributed by atoms with Crippen LogP contribution in [0, 0.1) is 13.8 Å². The minimum Gasteiger partial charge on any atom is -0.399 e. The molecule has 0 unspecified atom stereocenters. The first-order chi connectivity index (χ1) is 10.1. The Balaban J connectivity index is 2.07. The van der Waals surface area contributed by atoms with E-state index in [-0.39, 0.29) is 0 Å². The molecule has 3 nitrogen and oxygen atoms in total. The van der Waals surface area contributed by atoms with Crippen molar-refractivity contribution in [3.8, 4) is 22.5 Å². The predicted molar refractivity (Wildman–Crippen MR) is 86.8 cm³/mol. The average molecular weight is 275 g/mol. The van der Waals surface area contributed by atoms with Gasteiger partial charge in [-0.2, -0.15) is 0 Å². The van der Waals surface area contributed by atoms with Crippen LogP contribution in [0.2, 0.25) is 0 Å². The number of hydrogen-bond donors (Lipinski definition) is 1. The van der Waals surface area contributed by atoms with Crippen molar-refractivity contribution in [2.24, 2.45) is 0 Å². The lowest BCUT2D eigenvalue weighted by Crippen LogP contribution is -1.92. The van der Waals surface area contributed by atoms with Crippen molar-refractivity contribution in [2.45, 2.75) is 13.8 Å². The van der Waals surface area contributed by atoms with Gasteiger partial charge in [-0.1, -0.05) is 12.1 Å². The summed E-state index contributed by atoms with van der Waals surface area (Å²) in [4.78, 5) is 8.93. The van der Waals surface area contributed by atoms with Gasteiger partial charge in [0.15, 0.2) is 0 Å². The van der Waals surface area contributed by atoms with Crippen LogP contribution in [0.5, 0.6) is 0 Å². The molecule has 0 aliphatic carbocycles. The number of rotatable bonds is 2. The van der Waals surface area contributed by atoms with Gasteiger partial charge < -0.3 is 5.73 Å². The fourth-order valence-corrected chi connectivity index (χ4v) is 2.22. The smallest absolute Gasteiger partial charge is 0.0703 e. The second-order valence-corrected chi connectivity index (χ2v) is 5.29. The molecular formula is C18H17N3. The minimum absolute atomic E-state index is 0.715. The summed E-state index contributed by atoms with van der Waals surface area (Å²) in [7, 11) is 0. The Kier molecular flexibility index (Phi) is 3.40. The number of aromatic nitrogens is 2. The monoisotopic (exact) mass is 275 g/mol. The van der Waals surface area contributed by atoms with Gasteiger partial charge in [-0.05, 0) is 55.3 Å². The lowest BCUT2D eigenvalue weighted by Gasteiger charge is -2.08. The highest BCUT2D eigenvalue weighted by atomic mass is 14.7. The molecule has 0 spiro atoms. The van der Waals surface area contributed by atoms with Gasteiger partial charge in [0.25, 0.3) is 0 Å². The van der Waals surface area contributed by atoms with Gasteiger partial charge in [0.05, 0.1) is 11.4 Å². The zero-order valence-corrected chi connectivity index (χ0v) is 12.2. The van der Waals surface area contributed by atoms with E-state index in [2.05, 4.69) is 28.2 Å². The van der Waals surface area contributed by atoms with Gasteiger partial charge in [0.1, 0.15) is 0 Å². The van der Waals surface area contributed by atoms with Crippen molar-refractivity contribution in [3.05, 3.63) is 66.0 Å². The van der Waals surface area contributed by atoms with E-state index in [0.29, 0.717) is 5.69 Å². The summed E-state index contributed by atoms with van der Waals surface area (Å²) in [6.45, 7) is 4.05. The topological polar surface area (TPSA) is 51.8 Å². The third kappa shape index (κ3) is 2.92. The second-order valence-electron chi connectivity index (χ2n) is 5.29. The summed E-state index contributed by atoms with van der Waals surface area (Å²) in [6, 6.07) is 14.1. The van der Waals surface area contributed by atoms with Crippen LogP contribution in [0.25, 0.3) is 22.5 Å². The van der Waals surface area contributed by atoms with Gasteiger partial charge in [-0.15, -0.1) is 0 Å². The first-order valence-electron chi connectivity index (χ1n) is 6.88. The second kappa shape index (κ2) is 5.37. The van der Waals surface area contributed by atoms with Crippen LogP contribution in [0.3, 0.4) is 0 Å². The van der Waals surface area contributed by atoms with E-state index >= 15 is 0 Å². The molecule has 0 radical (unpaired) electrons. The molecule has 0 atom stereocenters. The quantitative estimate of drug-likeness (QED) is 0.719. The number of benzene rings is 1. The van der Waals surface area contributed by atoms with Gasteiger partial charge in [-0.25, -0.2) is 0 Å². The Morgan fingerprint density at radius 2 is 1.19 bits per heavy atom. The highest BCUT2D eigenvalue weighted by Gasteiger charge is 2.06. The first kappa shape index (κ1) is 13.3. The van der Waals surface area contributed by atoms with Crippen LogP contribution in [0.4, 0.5) is 5.69 Å². The van der Waals surface area contributed by atoms with Crippen LogP contribution in [-0.4, -0.2) is 9.97 Å². The lowest BCUT2D eigenvalue weighted by atomic mass is 10.0. The molecule has 0 amide bonds. The maximum absolute atomic E-state index is 6.04. The number of pyridine rings is 2. The molecule has 3 rings (SSSR count). The van der Waals surface area contributed by atoms with E-state index in [0.717, 1.165) is 33.6 Å². The minimum atomic E-state index is 0.715. The Hall–Kier alpha value is -2.68. The highest BCUT2D eigenvalue weighted by Crippen LogP contribution is 2.27. The van der Waals surface area contributed by atoms with Crippen molar-refractivity contribution in [3.63, 3.8) is 0 Å². The number of anilines is 1. The average Bonchev–Trinajstić information content (AvgIpc) is 2.48. The Morgan fingerprint density at radius 1 is 0.714 bits per heavy atom. The summed E-state index contributed by atoms with van der Waals surface area (Å²) in [5.41, 5.74) is 12.9. The Bertz CT molecular complexity index is 696. The predicted octanol–water partition coefficient (Wildman–Crippen LogP) is 4.01. The number of aryl methyl sites for hydroxylation is 2. The summed E-state index contributed by atoms with van der Waals surface area (Å²) < 4.78 is 0. The van der Waals surface area contributed by atoms with Crippen molar-refractivity contribution < 1.29 is 0 Å². The molecular weight excluding hydrogens is 258 g/mol. The van der Waals surface area contributed by atoms with E-state index in [1.807, 2.05) is 50.5 Å². The fourth-order valence-electron chi connectivity index (χ4n) is 2.22. The Labute approximate surface area is 124 Å². The summed E-state index contributed by atoms with van der Waals surface area (Å²) in [5, 5.41) is 0. The van der Waals surface area contributed by atoms with Crippen molar-refractivity contribution >= 4 is 5.69 Å². The number of nitrogen functional groups attached to an aromatic ring is 1. The van der Waals surface area contributed by atoms with Crippen LogP contribution in [0.15, 0.2) is 54.9 Å². The summed E-state index contributed by atoms with van der Waals surface area (Å²) in [6.07, 6.45) is 3.73. The summed E-state index contributed by atoms with van der Waals surface area (Å²) >= 11 is 0. The fraction of sp³-hybridized carbons (Fsp3) is 0.111. The SMILES string of the molecule is Cc1ccc(-c2cc(N)cc(-c3ccc(C)cn3)c2)nc1. The van der Waals surface area contributed by atoms with Crippen LogP contribution < -0.4 is 5.73 Å². The molecule has 3 heteroatoms. The molecule has 0 aliphatic rings. The molecule has 1 aromatic carbocycles. The third-order valence-corrected chi connectivity index (χ3v) is 3.37. The van der Waals surface area contributed by atoms with Crippen molar-refractivity contribution in [1.82, 2.24) is 9.97 Å². The normalized spacial score (nSPS) is 10.6. The molecule has 2 N–H and O–H groups in total. The molecule has 104 valence electrons. The maximum atomic E-state index is 6.04. The van der Waals surface area contributed by atoms with Gasteiger partial charge in [0, 0.05) is 29.2 Å². The van der Waals surface area contributed by atoms with Gasteiger partial charge in [-0.3, -0.25) is 9.97 Å². The van der Waals surface area contributed by atoms with Crippen LogP contribution in [0.1, 0.15) is 11.1 Å². The van der Waals surface area contributed by atoms with E-state index in [9.17, 15) is 0 Å². The van der Waals surface area contributed by atoms with E-state index in [1.54, 1.807) is 0 Å². The zero-order valence-electron chi connectivity index (χ0n) is 12.2. The Morgan fingerprint density at radius 3 is 1.57 bits per heavy atom. The molecule has 2 aromatic heterocycles. The molecule has 0 saturated carbocycles. The number of hydrogen-bond acceptors (Lipinski definition) is 3. The highest BCUT2D eigenvalue weighted by molar-refractivity contribution is 5.74. The van der Waals surface area contributed by atoms with E-state index < -0.39 is 0 Å². The third-order valence-electron chi connectivity index (χ3n) is 3.37. The van der Waals surface area contributed by atoms with Crippen LogP contribution >= 0.6 is 0 Å². The molecule has 0 fully saturated rings. The maximum Gasteiger partial charge on any atom is 0.0703 e. The van der Waals surface area contributed by atoms with E-state index in [4.69, 9.17) is 5.73 Å². The van der Waals surface area contributed by atoms with E-state index in [1.165, 1.54) is 0 Å². The molecule has 3 aromatic rings. The van der Waals surface area contributed by atoms with Crippen molar-refractivity contribution in [2.75, 3.05) is 5.73 Å². The molecule has 2 heterocycles. The molecule has 0 aliphatic heterocycles. The molecule has 21 heavy (non-hydrogen) atoms. The number of nitrogens with zero attached hydrogens (tertiary/aromatic N) is 2.